The van der Waals surface area contributed by atoms with Crippen molar-refractivity contribution in [2.45, 2.75) is 40.2 Å². The fourth-order valence-electron chi connectivity index (χ4n) is 4.43. The lowest BCUT2D eigenvalue weighted by molar-refractivity contribution is -0.149. The second-order valence-corrected chi connectivity index (χ2v) is 9.61. The first-order chi connectivity index (χ1) is 17.7. The monoisotopic (exact) mass is 524 g/mol. The molecule has 0 spiro atoms. The van der Waals surface area contributed by atoms with Crippen LogP contribution < -0.4 is 11.2 Å². The molecule has 0 aliphatic carbocycles. The van der Waals surface area contributed by atoms with Crippen LogP contribution in [0.2, 0.25) is 5.02 Å². The van der Waals surface area contributed by atoms with E-state index in [9.17, 15) is 19.2 Å². The zero-order valence-corrected chi connectivity index (χ0v) is 21.8. The van der Waals surface area contributed by atoms with Crippen LogP contribution in [0.25, 0.3) is 5.69 Å². The normalized spacial score (nSPS) is 15.5. The summed E-state index contributed by atoms with van der Waals surface area (Å²) in [6.07, 6.45) is 1.18. The Morgan fingerprint density at radius 2 is 1.92 bits per heavy atom. The smallest absolute Gasteiger partial charge is 0.352 e. The van der Waals surface area contributed by atoms with Crippen LogP contribution in [0.15, 0.2) is 52.1 Å². The molecule has 0 unspecified atom stereocenters. The number of likely N-dealkylation sites (tertiary alicyclic amines) is 1. The summed E-state index contributed by atoms with van der Waals surface area (Å²) in [5.74, 6) is -1.48. The minimum atomic E-state index is -0.788. The Kier molecular flexibility index (Phi) is 7.92. The van der Waals surface area contributed by atoms with Gasteiger partial charge in [-0.2, -0.15) is 9.78 Å². The van der Waals surface area contributed by atoms with E-state index in [2.05, 4.69) is 5.10 Å². The van der Waals surface area contributed by atoms with Crippen molar-refractivity contribution in [3.05, 3.63) is 90.7 Å². The average molecular weight is 525 g/mol. The van der Waals surface area contributed by atoms with Crippen LogP contribution in [-0.4, -0.2) is 50.8 Å². The van der Waals surface area contributed by atoms with Gasteiger partial charge in [-0.3, -0.25) is 19.0 Å². The van der Waals surface area contributed by atoms with Crippen molar-refractivity contribution in [1.29, 1.82) is 0 Å². The summed E-state index contributed by atoms with van der Waals surface area (Å²) in [6, 6.07) is 12.4. The summed E-state index contributed by atoms with van der Waals surface area (Å²) < 4.78 is 7.17. The molecule has 9 nitrogen and oxygen atoms in total. The summed E-state index contributed by atoms with van der Waals surface area (Å²) >= 11 is 6.30. The van der Waals surface area contributed by atoms with Crippen LogP contribution in [-0.2, 0) is 16.1 Å². The van der Waals surface area contributed by atoms with Gasteiger partial charge in [-0.15, -0.1) is 0 Å². The van der Waals surface area contributed by atoms with Crippen molar-refractivity contribution < 1.29 is 14.3 Å². The number of aryl methyl sites for hydroxylation is 2. The number of esters is 1. The summed E-state index contributed by atoms with van der Waals surface area (Å²) in [7, 11) is 0. The number of hydrogen-bond donors (Lipinski definition) is 0. The number of piperidine rings is 1. The molecule has 0 bridgehead atoms. The van der Waals surface area contributed by atoms with Crippen molar-refractivity contribution >= 4 is 23.5 Å². The quantitative estimate of drug-likeness (QED) is 0.459. The number of amides is 1. The van der Waals surface area contributed by atoms with Gasteiger partial charge in [-0.1, -0.05) is 47.5 Å². The molecule has 0 radical (unpaired) electrons. The minimum absolute atomic E-state index is 0.0345. The summed E-state index contributed by atoms with van der Waals surface area (Å²) in [4.78, 5) is 54.3. The Labute approximate surface area is 219 Å². The van der Waals surface area contributed by atoms with Gasteiger partial charge in [0.2, 0.25) is 5.69 Å². The first kappa shape index (κ1) is 26.3. The maximum absolute atomic E-state index is 13.6. The fourth-order valence-corrected chi connectivity index (χ4v) is 4.60. The van der Waals surface area contributed by atoms with Gasteiger partial charge in [0, 0.05) is 18.1 Å². The van der Waals surface area contributed by atoms with E-state index in [-0.39, 0.29) is 25.7 Å². The van der Waals surface area contributed by atoms with Crippen LogP contribution in [0, 0.1) is 19.8 Å². The van der Waals surface area contributed by atoms with Gasteiger partial charge >= 0.3 is 11.7 Å². The predicted molar refractivity (Wildman–Crippen MR) is 139 cm³/mol. The second kappa shape index (κ2) is 11.1. The molecule has 1 saturated heterocycles. The third kappa shape index (κ3) is 5.67. The Hall–Kier alpha value is -3.72. The van der Waals surface area contributed by atoms with E-state index in [1.807, 2.05) is 38.1 Å². The number of ether oxygens (including phenoxy) is 1. The highest BCUT2D eigenvalue weighted by atomic mass is 35.5. The molecule has 1 aromatic heterocycles. The van der Waals surface area contributed by atoms with Crippen LogP contribution in [0.1, 0.15) is 46.9 Å². The molecule has 194 valence electrons. The van der Waals surface area contributed by atoms with Gasteiger partial charge < -0.3 is 9.64 Å². The molecule has 37 heavy (non-hydrogen) atoms. The Morgan fingerprint density at radius 3 is 2.62 bits per heavy atom. The molecule has 3 aromatic rings. The molecular formula is C27H29ClN4O5. The van der Waals surface area contributed by atoms with Crippen molar-refractivity contribution in [1.82, 2.24) is 19.2 Å². The molecule has 1 aliphatic rings. The maximum atomic E-state index is 13.6. The van der Waals surface area contributed by atoms with Crippen LogP contribution >= 0.6 is 11.6 Å². The lowest BCUT2D eigenvalue weighted by atomic mass is 9.98. The second-order valence-electron chi connectivity index (χ2n) is 9.20. The van der Waals surface area contributed by atoms with E-state index < -0.39 is 28.8 Å². The van der Waals surface area contributed by atoms with Crippen LogP contribution in [0.4, 0.5) is 0 Å². The SMILES string of the molecule is CCOC(=O)[C@H]1CCCN(C(=O)c2nn(-c3ccc(C)c(Cl)c3)c(=O)n(Cc3cccc(C)c3)c2=O)C1. The topological polar surface area (TPSA) is 104 Å². The molecule has 1 aliphatic heterocycles. The first-order valence-corrected chi connectivity index (χ1v) is 12.6. The molecular weight excluding hydrogens is 496 g/mol. The minimum Gasteiger partial charge on any atom is -0.466 e. The van der Waals surface area contributed by atoms with Crippen molar-refractivity contribution in [2.24, 2.45) is 5.92 Å². The maximum Gasteiger partial charge on any atom is 0.352 e. The molecule has 1 fully saturated rings. The van der Waals surface area contributed by atoms with E-state index in [0.717, 1.165) is 25.9 Å². The number of benzene rings is 2. The van der Waals surface area contributed by atoms with Gasteiger partial charge in [0.15, 0.2) is 0 Å². The van der Waals surface area contributed by atoms with Crippen LogP contribution in [0.5, 0.6) is 0 Å². The molecule has 10 heteroatoms. The molecule has 2 heterocycles. The molecule has 4 rings (SSSR count). The van der Waals surface area contributed by atoms with Gasteiger partial charge in [0.25, 0.3) is 11.5 Å². The third-order valence-electron chi connectivity index (χ3n) is 6.41. The lowest BCUT2D eigenvalue weighted by Crippen LogP contribution is -2.49. The van der Waals surface area contributed by atoms with Crippen molar-refractivity contribution in [2.75, 3.05) is 19.7 Å². The first-order valence-electron chi connectivity index (χ1n) is 12.2. The molecule has 1 amide bonds. The van der Waals surface area contributed by atoms with Crippen molar-refractivity contribution in [3.63, 3.8) is 0 Å². The number of hydrogen-bond acceptors (Lipinski definition) is 6. The summed E-state index contributed by atoms with van der Waals surface area (Å²) in [5.41, 5.74) is 0.970. The lowest BCUT2D eigenvalue weighted by Gasteiger charge is -2.31. The number of carbonyl (C=O) groups excluding carboxylic acids is 2. The zero-order chi connectivity index (χ0) is 26.7. The molecule has 0 N–H and O–H groups in total. The van der Waals surface area contributed by atoms with Gasteiger partial charge in [0.1, 0.15) is 0 Å². The predicted octanol–water partition coefficient (Wildman–Crippen LogP) is 3.13. The highest BCUT2D eigenvalue weighted by molar-refractivity contribution is 6.31. The highest BCUT2D eigenvalue weighted by Gasteiger charge is 2.32. The van der Waals surface area contributed by atoms with Gasteiger partial charge in [0.05, 0.1) is 24.8 Å². The standard InChI is InChI=1S/C27H29ClN4O5/c1-4-37-26(35)20-9-6-12-30(16-20)24(33)23-25(34)31(15-19-8-5-7-17(2)13-19)27(36)32(29-23)21-11-10-18(3)22(28)14-21/h5,7-8,10-11,13-14,20H,4,6,9,12,15-16H2,1-3H3/t20-/m0/s1. The van der Waals surface area contributed by atoms with Crippen molar-refractivity contribution in [3.8, 4) is 5.69 Å². The number of carbonyl (C=O) groups is 2. The van der Waals surface area contributed by atoms with Gasteiger partial charge in [-0.05, 0) is 56.9 Å². The van der Waals surface area contributed by atoms with E-state index in [4.69, 9.17) is 16.3 Å². The van der Waals surface area contributed by atoms with E-state index in [0.29, 0.717) is 30.1 Å². The molecule has 1 atom stereocenters. The van der Waals surface area contributed by atoms with Gasteiger partial charge in [-0.25, -0.2) is 4.79 Å². The highest BCUT2D eigenvalue weighted by Crippen LogP contribution is 2.20. The molecule has 0 saturated carbocycles. The fraction of sp³-hybridized carbons (Fsp3) is 0.370. The Balaban J connectivity index is 1.81. The Morgan fingerprint density at radius 1 is 1.14 bits per heavy atom. The van der Waals surface area contributed by atoms with E-state index in [1.165, 1.54) is 4.90 Å². The zero-order valence-electron chi connectivity index (χ0n) is 21.1. The number of nitrogens with zero attached hydrogens (tertiary/aromatic N) is 4. The average Bonchev–Trinajstić information content (AvgIpc) is 2.88. The van der Waals surface area contributed by atoms with E-state index >= 15 is 0 Å². The number of rotatable bonds is 6. The largest absolute Gasteiger partial charge is 0.466 e. The summed E-state index contributed by atoms with van der Waals surface area (Å²) in [5, 5.41) is 4.64. The van der Waals surface area contributed by atoms with E-state index in [1.54, 1.807) is 25.1 Å². The summed E-state index contributed by atoms with van der Waals surface area (Å²) in [6.45, 7) is 6.16. The molecule has 2 aromatic carbocycles. The number of aromatic nitrogens is 3. The Bertz CT molecular complexity index is 1460. The third-order valence-corrected chi connectivity index (χ3v) is 6.82. The van der Waals surface area contributed by atoms with Crippen LogP contribution in [0.3, 0.4) is 0 Å². The number of halogens is 1.